The van der Waals surface area contributed by atoms with Crippen LogP contribution in [0.25, 0.3) is 5.82 Å². The molecule has 3 rings (SSSR count). The maximum atomic E-state index is 12.0. The van der Waals surface area contributed by atoms with Gasteiger partial charge in [0.15, 0.2) is 5.82 Å². The number of hydrogen-bond donors (Lipinski definition) is 1. The lowest BCUT2D eigenvalue weighted by Crippen LogP contribution is -2.32. The van der Waals surface area contributed by atoms with Gasteiger partial charge < -0.3 is 5.32 Å². The minimum atomic E-state index is -0.241. The standard InChI is InChI=1S/C14H14N6O2S/c1-10-6-11(23-7-10)14(22)16-4-5-19-13(21)3-2-12(18-19)20-9-15-8-17-20/h2-3,6-9H,4-5H2,1H3,(H,16,22). The van der Waals surface area contributed by atoms with Crippen LogP contribution in [0.2, 0.25) is 0 Å². The van der Waals surface area contributed by atoms with Crippen molar-refractivity contribution >= 4 is 17.2 Å². The summed E-state index contributed by atoms with van der Waals surface area (Å²) in [5, 5.41) is 12.9. The molecule has 0 atom stereocenters. The van der Waals surface area contributed by atoms with E-state index in [9.17, 15) is 9.59 Å². The van der Waals surface area contributed by atoms with E-state index < -0.39 is 0 Å². The molecule has 0 bridgehead atoms. The highest BCUT2D eigenvalue weighted by Gasteiger charge is 2.08. The molecule has 3 aromatic heterocycles. The van der Waals surface area contributed by atoms with Gasteiger partial charge in [-0.2, -0.15) is 5.10 Å². The highest BCUT2D eigenvalue weighted by Crippen LogP contribution is 2.12. The molecular formula is C14H14N6O2S. The Kier molecular flexibility index (Phi) is 4.29. The van der Waals surface area contributed by atoms with Crippen LogP contribution in [0.1, 0.15) is 15.2 Å². The monoisotopic (exact) mass is 330 g/mol. The normalized spacial score (nSPS) is 10.7. The topological polar surface area (TPSA) is 94.7 Å². The molecule has 0 fully saturated rings. The Morgan fingerprint density at radius 2 is 2.26 bits per heavy atom. The van der Waals surface area contributed by atoms with Gasteiger partial charge in [0.2, 0.25) is 0 Å². The molecule has 0 unspecified atom stereocenters. The Balaban J connectivity index is 1.65. The minimum Gasteiger partial charge on any atom is -0.349 e. The SMILES string of the molecule is Cc1csc(C(=O)NCCn2nc(-n3cncn3)ccc2=O)c1. The third-order valence-corrected chi connectivity index (χ3v) is 4.12. The molecule has 0 saturated carbocycles. The largest absolute Gasteiger partial charge is 0.349 e. The zero-order valence-electron chi connectivity index (χ0n) is 12.3. The van der Waals surface area contributed by atoms with Crippen molar-refractivity contribution in [2.75, 3.05) is 6.54 Å². The first kappa shape index (κ1) is 15.1. The fourth-order valence-electron chi connectivity index (χ4n) is 1.96. The number of nitrogens with one attached hydrogen (secondary N) is 1. The number of amides is 1. The lowest BCUT2D eigenvalue weighted by Gasteiger charge is -2.07. The Morgan fingerprint density at radius 1 is 1.39 bits per heavy atom. The van der Waals surface area contributed by atoms with Crippen LogP contribution in [-0.2, 0) is 6.54 Å². The Morgan fingerprint density at radius 3 is 2.96 bits per heavy atom. The van der Waals surface area contributed by atoms with E-state index in [4.69, 9.17) is 0 Å². The van der Waals surface area contributed by atoms with Gasteiger partial charge in [0.1, 0.15) is 12.7 Å². The molecule has 1 N–H and O–H groups in total. The number of aromatic nitrogens is 5. The maximum Gasteiger partial charge on any atom is 0.266 e. The second-order valence-electron chi connectivity index (χ2n) is 4.84. The van der Waals surface area contributed by atoms with Gasteiger partial charge >= 0.3 is 0 Å². The van der Waals surface area contributed by atoms with Crippen LogP contribution in [0.3, 0.4) is 0 Å². The van der Waals surface area contributed by atoms with E-state index in [1.807, 2.05) is 18.4 Å². The van der Waals surface area contributed by atoms with E-state index in [1.165, 1.54) is 39.4 Å². The van der Waals surface area contributed by atoms with Gasteiger partial charge in [-0.25, -0.2) is 14.3 Å². The molecule has 8 nitrogen and oxygen atoms in total. The Labute approximate surface area is 135 Å². The lowest BCUT2D eigenvalue weighted by atomic mass is 10.3. The van der Waals surface area contributed by atoms with Crippen molar-refractivity contribution in [2.45, 2.75) is 13.5 Å². The van der Waals surface area contributed by atoms with Crippen molar-refractivity contribution in [1.29, 1.82) is 0 Å². The predicted molar refractivity (Wildman–Crippen MR) is 84.8 cm³/mol. The lowest BCUT2D eigenvalue weighted by molar-refractivity contribution is 0.0955. The quantitative estimate of drug-likeness (QED) is 0.740. The summed E-state index contributed by atoms with van der Waals surface area (Å²) in [6.07, 6.45) is 2.89. The second-order valence-corrected chi connectivity index (χ2v) is 5.75. The molecule has 0 radical (unpaired) electrons. The van der Waals surface area contributed by atoms with E-state index in [1.54, 1.807) is 6.07 Å². The first-order chi connectivity index (χ1) is 11.1. The maximum absolute atomic E-state index is 12.0. The number of carbonyl (C=O) groups excluding carboxylic acids is 1. The summed E-state index contributed by atoms with van der Waals surface area (Å²) < 4.78 is 2.75. The molecule has 1 amide bonds. The number of hydrogen-bond acceptors (Lipinski definition) is 6. The Hall–Kier alpha value is -2.81. The molecule has 0 spiro atoms. The smallest absolute Gasteiger partial charge is 0.266 e. The third-order valence-electron chi connectivity index (χ3n) is 3.07. The minimum absolute atomic E-state index is 0.149. The van der Waals surface area contributed by atoms with E-state index in [-0.39, 0.29) is 18.0 Å². The van der Waals surface area contributed by atoms with Crippen molar-refractivity contribution in [3.8, 4) is 5.82 Å². The molecule has 118 valence electrons. The summed E-state index contributed by atoms with van der Waals surface area (Å²) >= 11 is 1.39. The summed E-state index contributed by atoms with van der Waals surface area (Å²) in [6, 6.07) is 4.81. The van der Waals surface area contributed by atoms with Crippen LogP contribution < -0.4 is 10.9 Å². The summed E-state index contributed by atoms with van der Waals surface area (Å²) in [4.78, 5) is 28.3. The molecule has 0 aliphatic carbocycles. The van der Waals surface area contributed by atoms with Gasteiger partial charge in [-0.3, -0.25) is 9.59 Å². The van der Waals surface area contributed by atoms with E-state index in [2.05, 4.69) is 20.5 Å². The van der Waals surface area contributed by atoms with E-state index in [0.717, 1.165) is 5.56 Å². The van der Waals surface area contributed by atoms with Gasteiger partial charge in [-0.15, -0.1) is 16.4 Å². The highest BCUT2D eigenvalue weighted by atomic mass is 32.1. The molecule has 3 aromatic rings. The molecule has 23 heavy (non-hydrogen) atoms. The predicted octanol–water partition coefficient (Wildman–Crippen LogP) is 0.624. The number of thiophene rings is 1. The van der Waals surface area contributed by atoms with Gasteiger partial charge in [-0.05, 0) is 30.0 Å². The molecular weight excluding hydrogens is 316 g/mol. The van der Waals surface area contributed by atoms with Crippen LogP contribution in [0.15, 0.2) is 41.0 Å². The van der Waals surface area contributed by atoms with E-state index >= 15 is 0 Å². The molecule has 0 aliphatic heterocycles. The molecule has 3 heterocycles. The second kappa shape index (κ2) is 6.53. The van der Waals surface area contributed by atoms with Crippen LogP contribution in [0.4, 0.5) is 0 Å². The Bertz CT molecular complexity index is 868. The first-order valence-corrected chi connectivity index (χ1v) is 7.78. The van der Waals surface area contributed by atoms with Crippen molar-refractivity contribution < 1.29 is 4.79 Å². The number of aryl methyl sites for hydroxylation is 1. The third kappa shape index (κ3) is 3.51. The van der Waals surface area contributed by atoms with Gasteiger partial charge in [0, 0.05) is 12.6 Å². The average Bonchev–Trinajstić information content (AvgIpc) is 3.20. The van der Waals surface area contributed by atoms with Crippen LogP contribution >= 0.6 is 11.3 Å². The molecule has 0 saturated heterocycles. The summed E-state index contributed by atoms with van der Waals surface area (Å²) in [5.41, 5.74) is 0.814. The number of rotatable bonds is 5. The molecule has 9 heteroatoms. The van der Waals surface area contributed by atoms with Crippen LogP contribution in [0, 0.1) is 6.92 Å². The number of carbonyl (C=O) groups is 1. The summed E-state index contributed by atoms with van der Waals surface area (Å²) in [6.45, 7) is 2.52. The highest BCUT2D eigenvalue weighted by molar-refractivity contribution is 7.12. The fraction of sp³-hybridized carbons (Fsp3) is 0.214. The average molecular weight is 330 g/mol. The van der Waals surface area contributed by atoms with Crippen molar-refractivity contribution in [2.24, 2.45) is 0 Å². The van der Waals surface area contributed by atoms with Crippen molar-refractivity contribution in [1.82, 2.24) is 29.9 Å². The van der Waals surface area contributed by atoms with Gasteiger partial charge in [-0.1, -0.05) is 0 Å². The van der Waals surface area contributed by atoms with Crippen LogP contribution in [0.5, 0.6) is 0 Å². The molecule has 0 aromatic carbocycles. The van der Waals surface area contributed by atoms with Crippen molar-refractivity contribution in [3.63, 3.8) is 0 Å². The summed E-state index contributed by atoms with van der Waals surface area (Å²) in [5.74, 6) is 0.339. The summed E-state index contributed by atoms with van der Waals surface area (Å²) in [7, 11) is 0. The van der Waals surface area contributed by atoms with Crippen molar-refractivity contribution in [3.05, 3.63) is 57.0 Å². The van der Waals surface area contributed by atoms with Gasteiger partial charge in [0.25, 0.3) is 11.5 Å². The zero-order chi connectivity index (χ0) is 16.2. The zero-order valence-corrected chi connectivity index (χ0v) is 13.2. The fourth-order valence-corrected chi connectivity index (χ4v) is 2.77. The van der Waals surface area contributed by atoms with E-state index in [0.29, 0.717) is 17.2 Å². The first-order valence-electron chi connectivity index (χ1n) is 6.90. The van der Waals surface area contributed by atoms with Crippen LogP contribution in [-0.4, -0.2) is 37.0 Å². The van der Waals surface area contributed by atoms with Gasteiger partial charge in [0.05, 0.1) is 11.4 Å². The number of nitrogens with zero attached hydrogens (tertiary/aromatic N) is 5. The molecule has 0 aliphatic rings.